The number of unbranched alkanes of at least 4 members (excludes halogenated alkanes) is 2. The first-order valence-electron chi connectivity index (χ1n) is 5.54. The number of carbonyl (C=O) groups is 1. The number of ether oxygens (including phenoxy) is 2. The first-order valence-corrected chi connectivity index (χ1v) is 5.54. The molecule has 0 rings (SSSR count). The Bertz CT molecular complexity index is 134. The summed E-state index contributed by atoms with van der Waals surface area (Å²) in [5.74, 6) is -0.129. The van der Waals surface area contributed by atoms with Crippen LogP contribution in [0.25, 0.3) is 0 Å². The van der Waals surface area contributed by atoms with Crippen LogP contribution in [-0.4, -0.2) is 25.8 Å². The average Bonchev–Trinajstić information content (AvgIpc) is 2.21. The van der Waals surface area contributed by atoms with Crippen molar-refractivity contribution in [3.63, 3.8) is 0 Å². The number of carbonyl (C=O) groups excluding carboxylic acids is 1. The lowest BCUT2D eigenvalue weighted by Crippen LogP contribution is -2.06. The molecule has 0 saturated carbocycles. The zero-order chi connectivity index (χ0) is 10.6. The summed E-state index contributed by atoms with van der Waals surface area (Å²) in [5, 5.41) is 0. The highest BCUT2D eigenvalue weighted by Gasteiger charge is 1.96. The zero-order valence-electron chi connectivity index (χ0n) is 9.38. The molecular weight excluding hydrogens is 180 g/mol. The summed E-state index contributed by atoms with van der Waals surface area (Å²) in [6.45, 7) is 5.98. The first kappa shape index (κ1) is 13.4. The topological polar surface area (TPSA) is 35.5 Å². The van der Waals surface area contributed by atoms with Crippen LogP contribution in [0.4, 0.5) is 0 Å². The molecule has 84 valence electrons. The summed E-state index contributed by atoms with van der Waals surface area (Å²) >= 11 is 0. The van der Waals surface area contributed by atoms with E-state index in [0.29, 0.717) is 19.6 Å². The number of hydrogen-bond acceptors (Lipinski definition) is 3. The highest BCUT2D eigenvalue weighted by Crippen LogP contribution is 1.95. The van der Waals surface area contributed by atoms with Gasteiger partial charge >= 0.3 is 5.97 Å². The van der Waals surface area contributed by atoms with Gasteiger partial charge in [-0.25, -0.2) is 0 Å². The van der Waals surface area contributed by atoms with Gasteiger partial charge in [0.2, 0.25) is 0 Å². The minimum atomic E-state index is -0.129. The van der Waals surface area contributed by atoms with Gasteiger partial charge in [0, 0.05) is 26.1 Å². The van der Waals surface area contributed by atoms with E-state index < -0.39 is 0 Å². The molecule has 0 N–H and O–H groups in total. The predicted octanol–water partition coefficient (Wildman–Crippen LogP) is 2.54. The number of esters is 1. The Morgan fingerprint density at radius 3 is 2.36 bits per heavy atom. The molecule has 0 aliphatic rings. The van der Waals surface area contributed by atoms with Gasteiger partial charge in [-0.2, -0.15) is 0 Å². The summed E-state index contributed by atoms with van der Waals surface area (Å²) in [5.41, 5.74) is 0. The molecule has 0 aliphatic carbocycles. The van der Waals surface area contributed by atoms with Crippen molar-refractivity contribution in [1.29, 1.82) is 0 Å². The standard InChI is InChI=1S/C11H22O3/c1-3-5-6-8-13-9-7-10-14-11(12)4-2/h3-10H2,1-2H3. The van der Waals surface area contributed by atoms with Crippen LogP contribution < -0.4 is 0 Å². The van der Waals surface area contributed by atoms with Crippen LogP contribution in [-0.2, 0) is 14.3 Å². The van der Waals surface area contributed by atoms with Crippen molar-refractivity contribution < 1.29 is 14.3 Å². The molecule has 3 heteroatoms. The molecule has 0 radical (unpaired) electrons. The second-order valence-electron chi connectivity index (χ2n) is 3.25. The van der Waals surface area contributed by atoms with Crippen LogP contribution >= 0.6 is 0 Å². The molecule has 0 atom stereocenters. The lowest BCUT2D eigenvalue weighted by molar-refractivity contribution is -0.143. The molecule has 0 bridgehead atoms. The monoisotopic (exact) mass is 202 g/mol. The average molecular weight is 202 g/mol. The SMILES string of the molecule is CCCCCOCCCOC(=O)CC. The van der Waals surface area contributed by atoms with Gasteiger partial charge in [-0.15, -0.1) is 0 Å². The molecule has 0 amide bonds. The maximum atomic E-state index is 10.7. The first-order chi connectivity index (χ1) is 6.81. The largest absolute Gasteiger partial charge is 0.466 e. The minimum Gasteiger partial charge on any atom is -0.466 e. The molecule has 0 aromatic rings. The van der Waals surface area contributed by atoms with E-state index in [4.69, 9.17) is 9.47 Å². The van der Waals surface area contributed by atoms with E-state index in [-0.39, 0.29) is 5.97 Å². The Morgan fingerprint density at radius 2 is 1.71 bits per heavy atom. The number of hydrogen-bond donors (Lipinski definition) is 0. The Morgan fingerprint density at radius 1 is 1.00 bits per heavy atom. The fraction of sp³-hybridized carbons (Fsp3) is 0.909. The maximum Gasteiger partial charge on any atom is 0.305 e. The van der Waals surface area contributed by atoms with Gasteiger partial charge in [-0.05, 0) is 6.42 Å². The third-order valence-corrected chi connectivity index (χ3v) is 1.88. The molecule has 0 spiro atoms. The molecule has 0 aliphatic heterocycles. The lowest BCUT2D eigenvalue weighted by atomic mass is 10.3. The molecule has 0 aromatic carbocycles. The molecule has 0 aromatic heterocycles. The Labute approximate surface area is 86.8 Å². The second-order valence-corrected chi connectivity index (χ2v) is 3.25. The summed E-state index contributed by atoms with van der Waals surface area (Å²) in [7, 11) is 0. The smallest absolute Gasteiger partial charge is 0.305 e. The summed E-state index contributed by atoms with van der Waals surface area (Å²) < 4.78 is 10.3. The maximum absolute atomic E-state index is 10.7. The molecule has 0 fully saturated rings. The fourth-order valence-electron chi connectivity index (χ4n) is 1.01. The molecule has 14 heavy (non-hydrogen) atoms. The van der Waals surface area contributed by atoms with Gasteiger partial charge in [0.15, 0.2) is 0 Å². The third kappa shape index (κ3) is 9.52. The highest BCUT2D eigenvalue weighted by molar-refractivity contribution is 5.68. The zero-order valence-corrected chi connectivity index (χ0v) is 9.38. The van der Waals surface area contributed by atoms with Crippen molar-refractivity contribution in [2.45, 2.75) is 46.0 Å². The van der Waals surface area contributed by atoms with E-state index in [1.165, 1.54) is 12.8 Å². The quantitative estimate of drug-likeness (QED) is 0.426. The van der Waals surface area contributed by atoms with Crippen molar-refractivity contribution in [3.8, 4) is 0 Å². The van der Waals surface area contributed by atoms with Crippen molar-refractivity contribution in [2.75, 3.05) is 19.8 Å². The van der Waals surface area contributed by atoms with E-state index in [9.17, 15) is 4.79 Å². The van der Waals surface area contributed by atoms with Crippen molar-refractivity contribution in [1.82, 2.24) is 0 Å². The van der Waals surface area contributed by atoms with E-state index in [2.05, 4.69) is 6.92 Å². The van der Waals surface area contributed by atoms with Crippen molar-refractivity contribution in [2.24, 2.45) is 0 Å². The lowest BCUT2D eigenvalue weighted by Gasteiger charge is -2.04. The van der Waals surface area contributed by atoms with Gasteiger partial charge in [-0.3, -0.25) is 4.79 Å². The van der Waals surface area contributed by atoms with Crippen LogP contribution in [0.3, 0.4) is 0 Å². The van der Waals surface area contributed by atoms with Gasteiger partial charge < -0.3 is 9.47 Å². The Kier molecular flexibility index (Phi) is 10.1. The second kappa shape index (κ2) is 10.5. The van der Waals surface area contributed by atoms with Crippen molar-refractivity contribution in [3.05, 3.63) is 0 Å². The van der Waals surface area contributed by atoms with Gasteiger partial charge in [0.05, 0.1) is 6.61 Å². The van der Waals surface area contributed by atoms with E-state index in [1.54, 1.807) is 6.92 Å². The summed E-state index contributed by atoms with van der Waals surface area (Å²) in [6, 6.07) is 0. The van der Waals surface area contributed by atoms with Crippen LogP contribution in [0.2, 0.25) is 0 Å². The van der Waals surface area contributed by atoms with Gasteiger partial charge in [-0.1, -0.05) is 26.7 Å². The van der Waals surface area contributed by atoms with Crippen LogP contribution in [0.1, 0.15) is 46.0 Å². The normalized spacial score (nSPS) is 10.1. The molecule has 0 saturated heterocycles. The van der Waals surface area contributed by atoms with E-state index >= 15 is 0 Å². The fourth-order valence-corrected chi connectivity index (χ4v) is 1.01. The predicted molar refractivity (Wildman–Crippen MR) is 56.2 cm³/mol. The van der Waals surface area contributed by atoms with E-state index in [0.717, 1.165) is 19.4 Å². The highest BCUT2D eigenvalue weighted by atomic mass is 16.5. The minimum absolute atomic E-state index is 0.129. The van der Waals surface area contributed by atoms with Crippen molar-refractivity contribution >= 4 is 5.97 Å². The summed E-state index contributed by atoms with van der Waals surface area (Å²) in [6.07, 6.45) is 4.84. The Hall–Kier alpha value is -0.570. The van der Waals surface area contributed by atoms with Gasteiger partial charge in [0.25, 0.3) is 0 Å². The molecule has 3 nitrogen and oxygen atoms in total. The van der Waals surface area contributed by atoms with Gasteiger partial charge in [0.1, 0.15) is 0 Å². The molecule has 0 heterocycles. The third-order valence-electron chi connectivity index (χ3n) is 1.88. The van der Waals surface area contributed by atoms with Crippen LogP contribution in [0.15, 0.2) is 0 Å². The molecular formula is C11H22O3. The molecule has 0 unspecified atom stereocenters. The number of rotatable bonds is 9. The van der Waals surface area contributed by atoms with Crippen LogP contribution in [0, 0.1) is 0 Å². The Balaban J connectivity index is 2.95. The van der Waals surface area contributed by atoms with Crippen LogP contribution in [0.5, 0.6) is 0 Å². The van der Waals surface area contributed by atoms with E-state index in [1.807, 2.05) is 0 Å². The summed E-state index contributed by atoms with van der Waals surface area (Å²) in [4.78, 5) is 10.7.